The summed E-state index contributed by atoms with van der Waals surface area (Å²) >= 11 is 0. The smallest absolute Gasteiger partial charge is 0.356 e. The number of hydrogen-bond acceptors (Lipinski definition) is 7. The van der Waals surface area contributed by atoms with Crippen molar-refractivity contribution < 1.29 is 22.5 Å². The van der Waals surface area contributed by atoms with Crippen molar-refractivity contribution in [3.05, 3.63) is 60.0 Å². The van der Waals surface area contributed by atoms with Crippen LogP contribution >= 0.6 is 0 Å². The summed E-state index contributed by atoms with van der Waals surface area (Å²) in [5, 5.41) is 4.47. The minimum atomic E-state index is -4.65. The van der Waals surface area contributed by atoms with Gasteiger partial charge in [-0.15, -0.1) is 0 Å². The van der Waals surface area contributed by atoms with Gasteiger partial charge in [-0.3, -0.25) is 4.79 Å². The van der Waals surface area contributed by atoms with E-state index in [2.05, 4.69) is 29.5 Å². The summed E-state index contributed by atoms with van der Waals surface area (Å²) in [6.45, 7) is 3.96. The number of carbonyl (C=O) groups is 1. The maximum atomic E-state index is 12.9. The summed E-state index contributed by atoms with van der Waals surface area (Å²) in [5.74, 6) is -0.473. The van der Waals surface area contributed by atoms with E-state index >= 15 is 0 Å². The standard InChI is InChI=1S/C27H25F3N6O2/c1-16-14-18(36-11-3-6-22(36)37)7-8-19(16)20-4-2-5-21-23(20)31-15-32-25(21)35-12-9-17(10-13-35)24-33-26(38-34-24)27(28,29)30/h2,4-5,7-8,14-15,17H,3,6,9-13H2,1H3. The molecule has 4 aromatic rings. The number of fused-ring (bicyclic) bond motifs is 1. The number of alkyl halides is 3. The van der Waals surface area contributed by atoms with E-state index in [1.807, 2.05) is 48.2 Å². The Labute approximate surface area is 216 Å². The van der Waals surface area contributed by atoms with E-state index in [1.165, 1.54) is 0 Å². The molecule has 0 N–H and O–H groups in total. The fraction of sp³-hybridized carbons (Fsp3) is 0.370. The maximum Gasteiger partial charge on any atom is 0.471 e. The van der Waals surface area contributed by atoms with Crippen LogP contribution in [0, 0.1) is 6.92 Å². The summed E-state index contributed by atoms with van der Waals surface area (Å²) in [6, 6.07) is 12.1. The highest BCUT2D eigenvalue weighted by molar-refractivity contribution is 6.00. The Bertz CT molecular complexity index is 1510. The lowest BCUT2D eigenvalue weighted by Gasteiger charge is -2.32. The van der Waals surface area contributed by atoms with Crippen molar-refractivity contribution in [2.24, 2.45) is 0 Å². The molecule has 0 radical (unpaired) electrons. The highest BCUT2D eigenvalue weighted by Gasteiger charge is 2.39. The number of aromatic nitrogens is 4. The fourth-order valence-electron chi connectivity index (χ4n) is 5.45. The van der Waals surface area contributed by atoms with Crippen molar-refractivity contribution in [3.63, 3.8) is 0 Å². The van der Waals surface area contributed by atoms with Gasteiger partial charge in [-0.25, -0.2) is 9.97 Å². The molecule has 11 heteroatoms. The van der Waals surface area contributed by atoms with E-state index in [9.17, 15) is 18.0 Å². The molecular formula is C27H25F3N6O2. The Morgan fingerprint density at radius 1 is 1.03 bits per heavy atom. The van der Waals surface area contributed by atoms with Crippen LogP contribution in [-0.4, -0.2) is 45.7 Å². The van der Waals surface area contributed by atoms with E-state index in [4.69, 9.17) is 0 Å². The number of halogens is 3. The molecule has 0 unspecified atom stereocenters. The largest absolute Gasteiger partial charge is 0.471 e. The van der Waals surface area contributed by atoms with E-state index in [-0.39, 0.29) is 17.6 Å². The van der Waals surface area contributed by atoms with Gasteiger partial charge in [-0.05, 0) is 55.5 Å². The van der Waals surface area contributed by atoms with Gasteiger partial charge in [-0.2, -0.15) is 18.2 Å². The minimum Gasteiger partial charge on any atom is -0.356 e. The molecule has 8 nitrogen and oxygen atoms in total. The van der Waals surface area contributed by atoms with Crippen LogP contribution in [0.1, 0.15) is 48.9 Å². The van der Waals surface area contributed by atoms with Gasteiger partial charge in [0, 0.05) is 48.6 Å². The number of anilines is 2. The number of rotatable bonds is 4. The molecule has 2 saturated heterocycles. The number of carbonyl (C=O) groups excluding carboxylic acids is 1. The molecular weight excluding hydrogens is 497 g/mol. The molecule has 1 amide bonds. The summed E-state index contributed by atoms with van der Waals surface area (Å²) in [4.78, 5) is 28.9. The topological polar surface area (TPSA) is 88.3 Å². The van der Waals surface area contributed by atoms with E-state index in [1.54, 1.807) is 6.33 Å². The second-order valence-electron chi connectivity index (χ2n) is 9.76. The third kappa shape index (κ3) is 4.35. The average Bonchev–Trinajstić information content (AvgIpc) is 3.58. The molecule has 2 aromatic carbocycles. The van der Waals surface area contributed by atoms with Gasteiger partial charge in [0.25, 0.3) is 0 Å². The molecule has 6 rings (SSSR count). The maximum absolute atomic E-state index is 12.9. The molecule has 0 bridgehead atoms. The number of para-hydroxylation sites is 1. The van der Waals surface area contributed by atoms with E-state index in [0.717, 1.165) is 52.1 Å². The molecule has 0 spiro atoms. The first-order valence-corrected chi connectivity index (χ1v) is 12.6. The van der Waals surface area contributed by atoms with Crippen molar-refractivity contribution in [2.45, 2.75) is 44.7 Å². The van der Waals surface area contributed by atoms with Crippen LogP contribution in [0.2, 0.25) is 0 Å². The highest BCUT2D eigenvalue weighted by Crippen LogP contribution is 2.37. The first-order valence-electron chi connectivity index (χ1n) is 12.6. The summed E-state index contributed by atoms with van der Waals surface area (Å²) in [6.07, 6.45) is -0.466. The normalized spacial score (nSPS) is 17.1. The number of hydrogen-bond donors (Lipinski definition) is 0. The summed E-state index contributed by atoms with van der Waals surface area (Å²) < 4.78 is 43.0. The molecule has 2 aliphatic rings. The summed E-state index contributed by atoms with van der Waals surface area (Å²) in [7, 11) is 0. The SMILES string of the molecule is Cc1cc(N2CCCC2=O)ccc1-c1cccc2c(N3CCC(c4noc(C(F)(F)F)n4)CC3)ncnc12. The van der Waals surface area contributed by atoms with Gasteiger partial charge in [0.05, 0.1) is 5.52 Å². The van der Waals surface area contributed by atoms with Gasteiger partial charge in [0.2, 0.25) is 5.91 Å². The molecule has 196 valence electrons. The zero-order valence-electron chi connectivity index (χ0n) is 20.7. The van der Waals surface area contributed by atoms with Crippen LogP contribution in [0.5, 0.6) is 0 Å². The number of aryl methyl sites for hydroxylation is 1. The lowest BCUT2D eigenvalue weighted by atomic mass is 9.95. The Morgan fingerprint density at radius 2 is 1.84 bits per heavy atom. The molecule has 38 heavy (non-hydrogen) atoms. The average molecular weight is 523 g/mol. The van der Waals surface area contributed by atoms with Crippen LogP contribution in [0.15, 0.2) is 47.2 Å². The van der Waals surface area contributed by atoms with Crippen molar-refractivity contribution in [1.29, 1.82) is 0 Å². The second-order valence-corrected chi connectivity index (χ2v) is 9.76. The predicted octanol–water partition coefficient (Wildman–Crippen LogP) is 5.52. The zero-order valence-corrected chi connectivity index (χ0v) is 20.7. The molecule has 4 heterocycles. The highest BCUT2D eigenvalue weighted by atomic mass is 19.4. The number of nitrogens with zero attached hydrogens (tertiary/aromatic N) is 6. The summed E-state index contributed by atoms with van der Waals surface area (Å²) in [5.41, 5.74) is 4.79. The first kappa shape index (κ1) is 24.3. The lowest BCUT2D eigenvalue weighted by Crippen LogP contribution is -2.34. The lowest BCUT2D eigenvalue weighted by molar-refractivity contribution is -0.159. The Morgan fingerprint density at radius 3 is 2.53 bits per heavy atom. The molecule has 0 atom stereocenters. The van der Waals surface area contributed by atoms with Gasteiger partial charge in [0.15, 0.2) is 5.82 Å². The van der Waals surface area contributed by atoms with Gasteiger partial charge in [0.1, 0.15) is 12.1 Å². The third-order valence-corrected chi connectivity index (χ3v) is 7.37. The molecule has 0 aliphatic carbocycles. The Kier molecular flexibility index (Phi) is 6.00. The third-order valence-electron chi connectivity index (χ3n) is 7.37. The molecule has 2 fully saturated rings. The predicted molar refractivity (Wildman–Crippen MR) is 135 cm³/mol. The fourth-order valence-corrected chi connectivity index (χ4v) is 5.45. The first-order chi connectivity index (χ1) is 18.3. The number of amides is 1. The van der Waals surface area contributed by atoms with Crippen LogP contribution in [0.3, 0.4) is 0 Å². The minimum absolute atomic E-state index is 0.0985. The van der Waals surface area contributed by atoms with Gasteiger partial charge >= 0.3 is 12.1 Å². The second kappa shape index (κ2) is 9.38. The number of piperidine rings is 1. The molecule has 0 saturated carbocycles. The Balaban J connectivity index is 1.26. The van der Waals surface area contributed by atoms with Crippen LogP contribution in [0.25, 0.3) is 22.0 Å². The van der Waals surface area contributed by atoms with Crippen LogP contribution in [-0.2, 0) is 11.0 Å². The van der Waals surface area contributed by atoms with Gasteiger partial charge < -0.3 is 14.3 Å². The monoisotopic (exact) mass is 522 g/mol. The van der Waals surface area contributed by atoms with Crippen LogP contribution < -0.4 is 9.80 Å². The molecule has 2 aliphatic heterocycles. The van der Waals surface area contributed by atoms with Crippen molar-refractivity contribution in [2.75, 3.05) is 29.4 Å². The Hall–Kier alpha value is -4.02. The van der Waals surface area contributed by atoms with Crippen molar-refractivity contribution in [3.8, 4) is 11.1 Å². The quantitative estimate of drug-likeness (QED) is 0.349. The van der Waals surface area contributed by atoms with Crippen LogP contribution in [0.4, 0.5) is 24.7 Å². The van der Waals surface area contributed by atoms with Crippen molar-refractivity contribution in [1.82, 2.24) is 20.1 Å². The molecule has 2 aromatic heterocycles. The van der Waals surface area contributed by atoms with Crippen molar-refractivity contribution >= 4 is 28.3 Å². The van der Waals surface area contributed by atoms with E-state index in [0.29, 0.717) is 32.4 Å². The van der Waals surface area contributed by atoms with Gasteiger partial charge in [-0.1, -0.05) is 23.4 Å². The zero-order chi connectivity index (χ0) is 26.4. The van der Waals surface area contributed by atoms with E-state index < -0.39 is 12.1 Å². The number of benzene rings is 2.